The van der Waals surface area contributed by atoms with Gasteiger partial charge < -0.3 is 0 Å². The number of nitrogens with zero attached hydrogens (tertiary/aromatic N) is 2. The van der Waals surface area contributed by atoms with Gasteiger partial charge in [-0.2, -0.15) is 0 Å². The third kappa shape index (κ3) is 0.867. The smallest absolute Gasteiger partial charge is 0.0594 e. The van der Waals surface area contributed by atoms with E-state index in [0.29, 0.717) is 0 Å². The topological polar surface area (TPSA) is 6.48 Å². The molecule has 2 saturated heterocycles. The molecule has 0 aromatic rings. The Kier molecular flexibility index (Phi) is 1.46. The summed E-state index contributed by atoms with van der Waals surface area (Å²) in [7, 11) is 0. The number of rotatable bonds is 0. The molecule has 2 atom stereocenters. The van der Waals surface area contributed by atoms with Gasteiger partial charge in [-0.3, -0.25) is 9.80 Å². The summed E-state index contributed by atoms with van der Waals surface area (Å²) in [6.07, 6.45) is 0.733. The molecule has 2 aliphatic heterocycles. The van der Waals surface area contributed by atoms with E-state index in [4.69, 9.17) is 0 Å². The lowest BCUT2D eigenvalue weighted by molar-refractivity contribution is 0.0738. The van der Waals surface area contributed by atoms with Gasteiger partial charge in [-0.25, -0.2) is 0 Å². The summed E-state index contributed by atoms with van der Waals surface area (Å²) in [6, 6.07) is 0. The molecule has 2 aliphatic rings. The molecule has 2 heterocycles. The van der Waals surface area contributed by atoms with Crippen LogP contribution in [0.4, 0.5) is 0 Å². The monoisotopic (exact) mass is 140 g/mol. The Labute approximate surface area is 62.8 Å². The molecule has 2 unspecified atom stereocenters. The summed E-state index contributed by atoms with van der Waals surface area (Å²) in [5.74, 6) is 0.888. The molecule has 0 spiro atoms. The van der Waals surface area contributed by atoms with Crippen molar-refractivity contribution < 1.29 is 0 Å². The fourth-order valence-corrected chi connectivity index (χ4v) is 2.21. The second-order valence-corrected chi connectivity index (χ2v) is 3.73. The zero-order chi connectivity index (χ0) is 7.14. The molecule has 2 heteroatoms. The quantitative estimate of drug-likeness (QED) is 0.486. The predicted octanol–water partition coefficient (Wildman–Crippen LogP) is 0.600. The molecule has 0 radical (unpaired) electrons. The molecule has 0 aromatic carbocycles. The fourth-order valence-electron chi connectivity index (χ4n) is 2.21. The van der Waals surface area contributed by atoms with E-state index in [2.05, 4.69) is 23.6 Å². The average molecular weight is 140 g/mol. The summed E-state index contributed by atoms with van der Waals surface area (Å²) in [6.45, 7) is 9.89. The van der Waals surface area contributed by atoms with Crippen molar-refractivity contribution in [2.75, 3.05) is 26.2 Å². The summed E-state index contributed by atoms with van der Waals surface area (Å²) < 4.78 is 0. The van der Waals surface area contributed by atoms with Crippen LogP contribution in [0.1, 0.15) is 13.8 Å². The van der Waals surface area contributed by atoms with Crippen LogP contribution in [-0.4, -0.2) is 42.1 Å². The Hall–Kier alpha value is -0.0800. The minimum absolute atomic E-state index is 0.733. The van der Waals surface area contributed by atoms with Crippen LogP contribution in [0.25, 0.3) is 0 Å². The van der Waals surface area contributed by atoms with Crippen LogP contribution in [-0.2, 0) is 0 Å². The Morgan fingerprint density at radius 1 is 1.00 bits per heavy atom. The Balaban J connectivity index is 2.09. The zero-order valence-electron chi connectivity index (χ0n) is 6.88. The van der Waals surface area contributed by atoms with Crippen molar-refractivity contribution >= 4 is 0 Å². The van der Waals surface area contributed by atoms with Crippen molar-refractivity contribution in [3.8, 4) is 0 Å². The number of fused-ring (bicyclic) bond motifs is 2. The van der Waals surface area contributed by atoms with E-state index in [1.807, 2.05) is 0 Å². The standard InChI is InChI=1S/C8H16N2/c1-7-5-9-3-4-10(6-7)8(9)2/h7-8H,3-6H2,1-2H3. The van der Waals surface area contributed by atoms with Gasteiger partial charge >= 0.3 is 0 Å². The lowest BCUT2D eigenvalue weighted by Gasteiger charge is -2.35. The highest BCUT2D eigenvalue weighted by molar-refractivity contribution is 4.86. The van der Waals surface area contributed by atoms with Gasteiger partial charge in [0, 0.05) is 26.2 Å². The zero-order valence-corrected chi connectivity index (χ0v) is 6.88. The van der Waals surface area contributed by atoms with Crippen LogP contribution in [0.15, 0.2) is 0 Å². The van der Waals surface area contributed by atoms with Crippen molar-refractivity contribution in [1.29, 1.82) is 0 Å². The van der Waals surface area contributed by atoms with Crippen molar-refractivity contribution in [3.05, 3.63) is 0 Å². The maximum atomic E-state index is 2.58. The lowest BCUT2D eigenvalue weighted by atomic mass is 10.1. The molecular weight excluding hydrogens is 124 g/mol. The van der Waals surface area contributed by atoms with Gasteiger partial charge in [0.15, 0.2) is 0 Å². The normalized spacial score (nSPS) is 53.4. The van der Waals surface area contributed by atoms with E-state index < -0.39 is 0 Å². The summed E-state index contributed by atoms with van der Waals surface area (Å²) in [4.78, 5) is 5.16. The van der Waals surface area contributed by atoms with Gasteiger partial charge in [-0.1, -0.05) is 6.92 Å². The Morgan fingerprint density at radius 2 is 1.50 bits per heavy atom. The molecule has 0 N–H and O–H groups in total. The van der Waals surface area contributed by atoms with E-state index in [1.165, 1.54) is 26.2 Å². The first-order valence-corrected chi connectivity index (χ1v) is 4.25. The second kappa shape index (κ2) is 2.21. The van der Waals surface area contributed by atoms with Gasteiger partial charge in [-0.15, -0.1) is 0 Å². The molecule has 2 bridgehead atoms. The van der Waals surface area contributed by atoms with Gasteiger partial charge in [0.25, 0.3) is 0 Å². The second-order valence-electron chi connectivity index (χ2n) is 3.73. The van der Waals surface area contributed by atoms with Crippen molar-refractivity contribution in [2.45, 2.75) is 20.0 Å². The summed E-state index contributed by atoms with van der Waals surface area (Å²) in [5.41, 5.74) is 0. The van der Waals surface area contributed by atoms with Crippen molar-refractivity contribution in [2.24, 2.45) is 5.92 Å². The maximum absolute atomic E-state index is 2.58. The van der Waals surface area contributed by atoms with E-state index in [0.717, 1.165) is 12.1 Å². The van der Waals surface area contributed by atoms with Crippen molar-refractivity contribution in [3.63, 3.8) is 0 Å². The van der Waals surface area contributed by atoms with E-state index in [9.17, 15) is 0 Å². The van der Waals surface area contributed by atoms with Crippen molar-refractivity contribution in [1.82, 2.24) is 9.80 Å². The van der Waals surface area contributed by atoms with Gasteiger partial charge in [0.2, 0.25) is 0 Å². The highest BCUT2D eigenvalue weighted by atomic mass is 15.4. The van der Waals surface area contributed by atoms with E-state index in [-0.39, 0.29) is 0 Å². The minimum Gasteiger partial charge on any atom is -0.287 e. The fraction of sp³-hybridized carbons (Fsp3) is 1.00. The lowest BCUT2D eigenvalue weighted by Crippen LogP contribution is -2.46. The molecule has 10 heavy (non-hydrogen) atoms. The summed E-state index contributed by atoms with van der Waals surface area (Å²) in [5, 5.41) is 0. The summed E-state index contributed by atoms with van der Waals surface area (Å²) >= 11 is 0. The molecule has 0 amide bonds. The van der Waals surface area contributed by atoms with E-state index >= 15 is 0 Å². The molecule has 58 valence electrons. The predicted molar refractivity (Wildman–Crippen MR) is 41.8 cm³/mol. The Morgan fingerprint density at radius 3 is 2.00 bits per heavy atom. The van der Waals surface area contributed by atoms with Crippen LogP contribution in [0, 0.1) is 5.92 Å². The van der Waals surface area contributed by atoms with Crippen LogP contribution in [0.5, 0.6) is 0 Å². The average Bonchev–Trinajstić information content (AvgIpc) is 2.20. The molecule has 0 saturated carbocycles. The third-order valence-corrected chi connectivity index (χ3v) is 2.82. The largest absolute Gasteiger partial charge is 0.287 e. The van der Waals surface area contributed by atoms with Crippen LogP contribution in [0.3, 0.4) is 0 Å². The highest BCUT2D eigenvalue weighted by Crippen LogP contribution is 2.22. The SMILES string of the molecule is CC1CN2CCN(C1)C2C. The maximum Gasteiger partial charge on any atom is 0.0594 e. The first-order chi connectivity index (χ1) is 4.77. The number of hydrogen-bond acceptors (Lipinski definition) is 2. The van der Waals surface area contributed by atoms with Gasteiger partial charge in [0.05, 0.1) is 6.17 Å². The van der Waals surface area contributed by atoms with Gasteiger partial charge in [0.1, 0.15) is 0 Å². The first-order valence-electron chi connectivity index (χ1n) is 4.25. The molecular formula is C8H16N2. The highest BCUT2D eigenvalue weighted by Gasteiger charge is 2.34. The van der Waals surface area contributed by atoms with Crippen LogP contribution in [0.2, 0.25) is 0 Å². The molecule has 2 nitrogen and oxygen atoms in total. The minimum atomic E-state index is 0.733. The third-order valence-electron chi connectivity index (χ3n) is 2.82. The molecule has 0 aliphatic carbocycles. The van der Waals surface area contributed by atoms with Crippen LogP contribution < -0.4 is 0 Å². The van der Waals surface area contributed by atoms with Crippen LogP contribution >= 0.6 is 0 Å². The first kappa shape index (κ1) is 6.62. The van der Waals surface area contributed by atoms with Gasteiger partial charge in [-0.05, 0) is 12.8 Å². The molecule has 2 rings (SSSR count). The Bertz CT molecular complexity index is 121. The van der Waals surface area contributed by atoms with E-state index in [1.54, 1.807) is 0 Å². The molecule has 2 fully saturated rings. The molecule has 0 aromatic heterocycles. The number of hydrogen-bond donors (Lipinski definition) is 0.